The van der Waals surface area contributed by atoms with E-state index in [-0.39, 0.29) is 0 Å². The number of hydrogen-bond donors (Lipinski definition) is 0. The van der Waals surface area contributed by atoms with Crippen LogP contribution < -0.4 is 0 Å². The summed E-state index contributed by atoms with van der Waals surface area (Å²) in [4.78, 5) is 7.59. The number of aryl methyl sites for hydroxylation is 1. The van der Waals surface area contributed by atoms with Crippen LogP contribution in [0.1, 0.15) is 5.56 Å². The highest BCUT2D eigenvalue weighted by atomic mass is 14.8. The van der Waals surface area contributed by atoms with Gasteiger partial charge in [0, 0.05) is 7.05 Å². The number of nitrogens with zero attached hydrogens (tertiary/aromatic N) is 2. The van der Waals surface area contributed by atoms with Gasteiger partial charge in [0.1, 0.15) is 0 Å². The highest BCUT2D eigenvalue weighted by Gasteiger charge is 1.84. The summed E-state index contributed by atoms with van der Waals surface area (Å²) >= 11 is 0. The molecule has 0 fully saturated rings. The van der Waals surface area contributed by atoms with Crippen molar-refractivity contribution in [3.05, 3.63) is 29.8 Å². The molecule has 0 radical (unpaired) electrons. The summed E-state index contributed by atoms with van der Waals surface area (Å²) in [6, 6.07) is 10.4. The second-order valence-electron chi connectivity index (χ2n) is 2.27. The van der Waals surface area contributed by atoms with Gasteiger partial charge in [-0.2, -0.15) is 4.99 Å². The first kappa shape index (κ1) is 7.70. The van der Waals surface area contributed by atoms with Crippen LogP contribution in [0.4, 0.5) is 5.69 Å². The zero-order valence-electron chi connectivity index (χ0n) is 6.70. The van der Waals surface area contributed by atoms with Gasteiger partial charge in [-0.25, -0.2) is 4.99 Å². The van der Waals surface area contributed by atoms with Crippen molar-refractivity contribution in [3.8, 4) is 0 Å². The third-order valence-electron chi connectivity index (χ3n) is 1.31. The summed E-state index contributed by atoms with van der Waals surface area (Å²) in [7, 11) is 1.65. The minimum Gasteiger partial charge on any atom is -0.229 e. The lowest BCUT2D eigenvalue weighted by Crippen LogP contribution is -1.67. The van der Waals surface area contributed by atoms with E-state index in [1.54, 1.807) is 7.05 Å². The monoisotopic (exact) mass is 146 g/mol. The van der Waals surface area contributed by atoms with E-state index in [2.05, 4.69) is 16.0 Å². The van der Waals surface area contributed by atoms with Crippen LogP contribution in [0.2, 0.25) is 0 Å². The van der Waals surface area contributed by atoms with Crippen LogP contribution in [0, 0.1) is 6.92 Å². The van der Waals surface area contributed by atoms with E-state index in [1.807, 2.05) is 31.2 Å². The van der Waals surface area contributed by atoms with Crippen molar-refractivity contribution in [2.45, 2.75) is 6.92 Å². The first-order valence-corrected chi connectivity index (χ1v) is 3.44. The minimum absolute atomic E-state index is 0.890. The molecule has 0 unspecified atom stereocenters. The fourth-order valence-electron chi connectivity index (χ4n) is 0.727. The second-order valence-corrected chi connectivity index (χ2v) is 2.27. The Hall–Kier alpha value is -1.40. The van der Waals surface area contributed by atoms with Crippen molar-refractivity contribution in [2.75, 3.05) is 7.05 Å². The molecule has 0 saturated carbocycles. The molecule has 56 valence electrons. The Morgan fingerprint density at radius 1 is 1.18 bits per heavy atom. The molecule has 0 atom stereocenters. The average molecular weight is 146 g/mol. The SMILES string of the molecule is CN=C=Nc1ccc(C)cc1. The Bertz CT molecular complexity index is 279. The van der Waals surface area contributed by atoms with Gasteiger partial charge in [-0.05, 0) is 19.1 Å². The molecule has 0 aliphatic heterocycles. The van der Waals surface area contributed by atoms with E-state index in [0.717, 1.165) is 5.69 Å². The third-order valence-corrected chi connectivity index (χ3v) is 1.31. The third kappa shape index (κ3) is 2.36. The molecule has 1 rings (SSSR count). The molecule has 0 aromatic heterocycles. The van der Waals surface area contributed by atoms with Crippen LogP contribution in [0.15, 0.2) is 34.3 Å². The van der Waals surface area contributed by atoms with E-state index in [0.29, 0.717) is 0 Å². The van der Waals surface area contributed by atoms with Gasteiger partial charge in [0.05, 0.1) is 11.7 Å². The summed E-state index contributed by atoms with van der Waals surface area (Å²) in [5.74, 6) is 0. The standard InChI is InChI=1S/C9H10N2/c1-8-3-5-9(6-4-8)11-7-10-2/h3-6H,1-2H3. The highest BCUT2D eigenvalue weighted by molar-refractivity contribution is 5.52. The molecule has 2 heteroatoms. The van der Waals surface area contributed by atoms with Crippen molar-refractivity contribution in [1.82, 2.24) is 0 Å². The fraction of sp³-hybridized carbons (Fsp3) is 0.222. The van der Waals surface area contributed by atoms with Crippen LogP contribution in [-0.2, 0) is 0 Å². The van der Waals surface area contributed by atoms with Crippen LogP contribution >= 0.6 is 0 Å². The lowest BCUT2D eigenvalue weighted by molar-refractivity contribution is 1.42. The van der Waals surface area contributed by atoms with Gasteiger partial charge in [-0.1, -0.05) is 17.7 Å². The Kier molecular flexibility index (Phi) is 2.59. The van der Waals surface area contributed by atoms with Gasteiger partial charge in [0.25, 0.3) is 0 Å². The molecule has 1 aromatic rings. The van der Waals surface area contributed by atoms with Crippen molar-refractivity contribution >= 4 is 11.7 Å². The Morgan fingerprint density at radius 2 is 1.82 bits per heavy atom. The molecular weight excluding hydrogens is 136 g/mol. The lowest BCUT2D eigenvalue weighted by Gasteiger charge is -1.90. The normalized spacial score (nSPS) is 8.55. The van der Waals surface area contributed by atoms with E-state index >= 15 is 0 Å². The maximum Gasteiger partial charge on any atom is 0.0946 e. The van der Waals surface area contributed by atoms with Crippen LogP contribution in [0.3, 0.4) is 0 Å². The molecule has 0 aliphatic rings. The molecule has 0 N–H and O–H groups in total. The van der Waals surface area contributed by atoms with Crippen molar-refractivity contribution in [2.24, 2.45) is 9.98 Å². The molecule has 11 heavy (non-hydrogen) atoms. The molecule has 0 bridgehead atoms. The number of benzene rings is 1. The Balaban J connectivity index is 2.90. The second kappa shape index (κ2) is 3.69. The van der Waals surface area contributed by atoms with Gasteiger partial charge in [-0.15, -0.1) is 0 Å². The van der Waals surface area contributed by atoms with Gasteiger partial charge in [-0.3, -0.25) is 0 Å². The maximum absolute atomic E-state index is 3.95. The Morgan fingerprint density at radius 3 is 2.36 bits per heavy atom. The summed E-state index contributed by atoms with van der Waals surface area (Å²) in [6.45, 7) is 2.04. The van der Waals surface area contributed by atoms with E-state index in [4.69, 9.17) is 0 Å². The molecule has 0 heterocycles. The molecule has 2 nitrogen and oxygen atoms in total. The van der Waals surface area contributed by atoms with E-state index in [1.165, 1.54) is 5.56 Å². The van der Waals surface area contributed by atoms with Crippen molar-refractivity contribution in [1.29, 1.82) is 0 Å². The fourth-order valence-corrected chi connectivity index (χ4v) is 0.727. The predicted molar refractivity (Wildman–Crippen MR) is 46.6 cm³/mol. The maximum atomic E-state index is 3.95. The zero-order chi connectivity index (χ0) is 8.10. The van der Waals surface area contributed by atoms with E-state index in [9.17, 15) is 0 Å². The minimum atomic E-state index is 0.890. The summed E-state index contributed by atoms with van der Waals surface area (Å²) in [5, 5.41) is 0. The molecule has 0 spiro atoms. The number of rotatable bonds is 1. The van der Waals surface area contributed by atoms with Gasteiger partial charge >= 0.3 is 0 Å². The molecular formula is C9H10N2. The number of aliphatic imine (C=N–C) groups is 2. The summed E-state index contributed by atoms with van der Waals surface area (Å²) in [6.07, 6.45) is 0. The van der Waals surface area contributed by atoms with Crippen LogP contribution in [-0.4, -0.2) is 13.1 Å². The molecule has 0 saturated heterocycles. The summed E-state index contributed by atoms with van der Waals surface area (Å²) < 4.78 is 0. The summed E-state index contributed by atoms with van der Waals surface area (Å²) in [5.41, 5.74) is 2.12. The predicted octanol–water partition coefficient (Wildman–Crippen LogP) is 2.43. The van der Waals surface area contributed by atoms with Crippen LogP contribution in [0.5, 0.6) is 0 Å². The van der Waals surface area contributed by atoms with E-state index < -0.39 is 0 Å². The van der Waals surface area contributed by atoms with Crippen LogP contribution in [0.25, 0.3) is 0 Å². The topological polar surface area (TPSA) is 24.7 Å². The van der Waals surface area contributed by atoms with Gasteiger partial charge < -0.3 is 0 Å². The largest absolute Gasteiger partial charge is 0.229 e. The average Bonchev–Trinajstić information content (AvgIpc) is 2.04. The molecule has 0 aliphatic carbocycles. The highest BCUT2D eigenvalue weighted by Crippen LogP contribution is 2.10. The quantitative estimate of drug-likeness (QED) is 0.543. The lowest BCUT2D eigenvalue weighted by atomic mass is 10.2. The molecule has 0 amide bonds. The first-order chi connectivity index (χ1) is 5.33. The van der Waals surface area contributed by atoms with Gasteiger partial charge in [0.2, 0.25) is 0 Å². The van der Waals surface area contributed by atoms with Gasteiger partial charge in [0.15, 0.2) is 0 Å². The smallest absolute Gasteiger partial charge is 0.0946 e. The molecule has 1 aromatic carbocycles. The van der Waals surface area contributed by atoms with Crippen molar-refractivity contribution < 1.29 is 0 Å². The first-order valence-electron chi connectivity index (χ1n) is 3.44. The number of hydrogen-bond acceptors (Lipinski definition) is 2. The Labute approximate surface area is 66.3 Å². The zero-order valence-corrected chi connectivity index (χ0v) is 6.70. The van der Waals surface area contributed by atoms with Crippen molar-refractivity contribution in [3.63, 3.8) is 0 Å².